The number of fused-ring (bicyclic) bond motifs is 1. The van der Waals surface area contributed by atoms with Crippen molar-refractivity contribution in [1.29, 1.82) is 0 Å². The van der Waals surface area contributed by atoms with Crippen LogP contribution in [0.25, 0.3) is 10.9 Å². The first-order chi connectivity index (χ1) is 16.2. The maximum absolute atomic E-state index is 13.9. The molecule has 1 aromatic heterocycles. The molecular formula is C27H33F2N3O. The molecule has 2 fully saturated rings. The van der Waals surface area contributed by atoms with Gasteiger partial charge in [0.15, 0.2) is 0 Å². The Morgan fingerprint density at radius 2 is 1.82 bits per heavy atom. The number of rotatable bonds is 7. The van der Waals surface area contributed by atoms with E-state index in [4.69, 9.17) is 4.74 Å². The average Bonchev–Trinajstić information content (AvgIpc) is 3.23. The Bertz CT molecular complexity index is 1070. The van der Waals surface area contributed by atoms with Gasteiger partial charge in [-0.1, -0.05) is 0 Å². The van der Waals surface area contributed by atoms with Crippen molar-refractivity contribution in [2.75, 3.05) is 39.3 Å². The van der Waals surface area contributed by atoms with Crippen molar-refractivity contribution in [3.05, 3.63) is 65.4 Å². The summed E-state index contributed by atoms with van der Waals surface area (Å²) in [7, 11) is 0. The zero-order valence-electron chi connectivity index (χ0n) is 19.1. The summed E-state index contributed by atoms with van der Waals surface area (Å²) in [6.07, 6.45) is 7.48. The molecule has 2 aromatic carbocycles. The lowest BCUT2D eigenvalue weighted by Gasteiger charge is -2.32. The first-order valence-corrected chi connectivity index (χ1v) is 12.3. The third-order valence-corrected chi connectivity index (χ3v) is 7.32. The Morgan fingerprint density at radius 1 is 1.00 bits per heavy atom. The molecule has 5 rings (SSSR count). The van der Waals surface area contributed by atoms with Gasteiger partial charge in [0, 0.05) is 41.7 Å². The summed E-state index contributed by atoms with van der Waals surface area (Å²) in [4.78, 5) is 5.72. The van der Waals surface area contributed by atoms with Crippen molar-refractivity contribution < 1.29 is 13.5 Å². The molecule has 2 saturated heterocycles. The molecule has 4 nitrogen and oxygen atoms in total. The van der Waals surface area contributed by atoms with E-state index in [1.165, 1.54) is 17.7 Å². The van der Waals surface area contributed by atoms with Crippen molar-refractivity contribution >= 4 is 10.9 Å². The fourth-order valence-electron chi connectivity index (χ4n) is 5.42. The molecule has 0 amide bonds. The molecule has 1 unspecified atom stereocenters. The highest BCUT2D eigenvalue weighted by molar-refractivity contribution is 5.83. The van der Waals surface area contributed by atoms with Crippen LogP contribution in [0.15, 0.2) is 42.6 Å². The lowest BCUT2D eigenvalue weighted by atomic mass is 9.90. The van der Waals surface area contributed by atoms with Crippen LogP contribution in [0.4, 0.5) is 8.78 Å². The van der Waals surface area contributed by atoms with Crippen molar-refractivity contribution in [3.63, 3.8) is 0 Å². The van der Waals surface area contributed by atoms with Gasteiger partial charge in [-0.2, -0.15) is 0 Å². The van der Waals surface area contributed by atoms with E-state index in [1.807, 2.05) is 12.3 Å². The van der Waals surface area contributed by atoms with Crippen molar-refractivity contribution in [2.24, 2.45) is 5.92 Å². The van der Waals surface area contributed by atoms with Crippen LogP contribution in [0.3, 0.4) is 0 Å². The number of likely N-dealkylation sites (tertiary alicyclic amines) is 1. The van der Waals surface area contributed by atoms with Gasteiger partial charge in [0.1, 0.15) is 24.0 Å². The summed E-state index contributed by atoms with van der Waals surface area (Å²) in [6.45, 7) is 5.52. The fourth-order valence-corrected chi connectivity index (χ4v) is 5.42. The Morgan fingerprint density at radius 3 is 2.64 bits per heavy atom. The highest BCUT2D eigenvalue weighted by Gasteiger charge is 2.22. The van der Waals surface area contributed by atoms with E-state index in [-0.39, 0.29) is 11.6 Å². The highest BCUT2D eigenvalue weighted by atomic mass is 19.1. The second-order valence-corrected chi connectivity index (χ2v) is 9.57. The number of nitrogens with zero attached hydrogens (tertiary/aromatic N) is 1. The molecule has 0 radical (unpaired) electrons. The second kappa shape index (κ2) is 10.2. The molecule has 0 bridgehead atoms. The third kappa shape index (κ3) is 5.39. The molecule has 176 valence electrons. The first kappa shape index (κ1) is 22.4. The number of nitrogens with one attached hydrogen (secondary N) is 2. The predicted octanol–water partition coefficient (Wildman–Crippen LogP) is 5.25. The Labute approximate surface area is 194 Å². The molecule has 3 heterocycles. The van der Waals surface area contributed by atoms with Crippen molar-refractivity contribution in [1.82, 2.24) is 15.2 Å². The molecule has 0 aliphatic carbocycles. The van der Waals surface area contributed by atoms with Crippen LogP contribution in [0, 0.1) is 17.6 Å². The quantitative estimate of drug-likeness (QED) is 0.514. The third-order valence-electron chi connectivity index (χ3n) is 7.32. The monoisotopic (exact) mass is 453 g/mol. The summed E-state index contributed by atoms with van der Waals surface area (Å²) in [6, 6.07) is 9.89. The van der Waals surface area contributed by atoms with E-state index in [9.17, 15) is 8.78 Å². The molecule has 3 aromatic rings. The summed E-state index contributed by atoms with van der Waals surface area (Å²) in [5.74, 6) is 1.39. The molecule has 2 N–H and O–H groups in total. The summed E-state index contributed by atoms with van der Waals surface area (Å²) >= 11 is 0. The van der Waals surface area contributed by atoms with Gasteiger partial charge >= 0.3 is 0 Å². The SMILES string of the molecule is Fc1ccc(OCCN2CCC(Cc3c[nH]c4ccc(F)cc34)CC2)c(C2CCCNC2)c1. The standard InChI is InChI=1S/C27H33F2N3O/c28-22-3-5-26-24(15-22)21(18-31-26)14-19-7-10-32(11-8-19)12-13-33-27-6-4-23(29)16-25(27)20-2-1-9-30-17-20/h3-6,15-16,18-20,30-31H,1-2,7-14,17H2. The van der Waals surface area contributed by atoms with Gasteiger partial charge in [-0.25, -0.2) is 8.78 Å². The van der Waals surface area contributed by atoms with Crippen LogP contribution in [-0.4, -0.2) is 49.2 Å². The molecule has 0 saturated carbocycles. The van der Waals surface area contributed by atoms with Crippen LogP contribution in [-0.2, 0) is 6.42 Å². The molecular weight excluding hydrogens is 420 g/mol. The van der Waals surface area contributed by atoms with Crippen LogP contribution >= 0.6 is 0 Å². The normalized spacial score (nSPS) is 20.4. The van der Waals surface area contributed by atoms with Gasteiger partial charge in [-0.15, -0.1) is 0 Å². The molecule has 33 heavy (non-hydrogen) atoms. The molecule has 1 atom stereocenters. The molecule has 0 spiro atoms. The number of aromatic amines is 1. The summed E-state index contributed by atoms with van der Waals surface area (Å²) in [5, 5.41) is 4.42. The van der Waals surface area contributed by atoms with Gasteiger partial charge in [-0.05, 0) is 99.6 Å². The first-order valence-electron chi connectivity index (χ1n) is 12.3. The Kier molecular flexibility index (Phi) is 6.93. The topological polar surface area (TPSA) is 40.3 Å². The molecule has 2 aliphatic rings. The zero-order valence-corrected chi connectivity index (χ0v) is 19.1. The van der Waals surface area contributed by atoms with Crippen LogP contribution in [0.1, 0.15) is 42.7 Å². The maximum atomic E-state index is 13.9. The van der Waals surface area contributed by atoms with Crippen molar-refractivity contribution in [2.45, 2.75) is 38.0 Å². The number of halogens is 2. The van der Waals surface area contributed by atoms with E-state index < -0.39 is 0 Å². The number of hydrogen-bond donors (Lipinski definition) is 2. The van der Waals surface area contributed by atoms with Gasteiger partial charge in [-0.3, -0.25) is 4.90 Å². The predicted molar refractivity (Wildman–Crippen MR) is 128 cm³/mol. The average molecular weight is 454 g/mol. The zero-order chi connectivity index (χ0) is 22.6. The Hall–Kier alpha value is -2.44. The van der Waals surface area contributed by atoms with E-state index in [1.54, 1.807) is 18.2 Å². The number of benzene rings is 2. The van der Waals surface area contributed by atoms with Gasteiger partial charge < -0.3 is 15.0 Å². The number of piperidine rings is 2. The van der Waals surface area contributed by atoms with Crippen LogP contribution in [0.5, 0.6) is 5.75 Å². The molecule has 2 aliphatic heterocycles. The highest BCUT2D eigenvalue weighted by Crippen LogP contribution is 2.32. The minimum Gasteiger partial charge on any atom is -0.492 e. The van der Waals surface area contributed by atoms with E-state index in [2.05, 4.69) is 15.2 Å². The summed E-state index contributed by atoms with van der Waals surface area (Å²) in [5.41, 5.74) is 3.22. The smallest absolute Gasteiger partial charge is 0.123 e. The van der Waals surface area contributed by atoms with E-state index >= 15 is 0 Å². The molecule has 6 heteroatoms. The van der Waals surface area contributed by atoms with Crippen LogP contribution < -0.4 is 10.1 Å². The van der Waals surface area contributed by atoms with Crippen LogP contribution in [0.2, 0.25) is 0 Å². The number of ether oxygens (including phenoxy) is 1. The van der Waals surface area contributed by atoms with E-state index in [0.29, 0.717) is 18.4 Å². The van der Waals surface area contributed by atoms with Gasteiger partial charge in [0.25, 0.3) is 0 Å². The van der Waals surface area contributed by atoms with Gasteiger partial charge in [0.2, 0.25) is 0 Å². The van der Waals surface area contributed by atoms with Crippen molar-refractivity contribution in [3.8, 4) is 5.75 Å². The maximum Gasteiger partial charge on any atom is 0.123 e. The lowest BCUT2D eigenvalue weighted by molar-refractivity contribution is 0.154. The van der Waals surface area contributed by atoms with E-state index in [0.717, 1.165) is 87.0 Å². The number of hydrogen-bond acceptors (Lipinski definition) is 3. The minimum absolute atomic E-state index is 0.178. The van der Waals surface area contributed by atoms with Gasteiger partial charge in [0.05, 0.1) is 0 Å². The Balaban J connectivity index is 1.11. The summed E-state index contributed by atoms with van der Waals surface area (Å²) < 4.78 is 33.7. The largest absolute Gasteiger partial charge is 0.492 e. The fraction of sp³-hybridized carbons (Fsp3) is 0.481. The number of H-pyrrole nitrogens is 1. The number of aromatic nitrogens is 1. The second-order valence-electron chi connectivity index (χ2n) is 9.57. The lowest BCUT2D eigenvalue weighted by Crippen LogP contribution is -2.37. The minimum atomic E-state index is -0.192.